The number of thiol groups is 2. The summed E-state index contributed by atoms with van der Waals surface area (Å²) in [7, 11) is 0. The summed E-state index contributed by atoms with van der Waals surface area (Å²) in [6.45, 7) is 4.62. The highest BCUT2D eigenvalue weighted by Gasteiger charge is 2.04. The maximum Gasteiger partial charge on any atom is -0.00721 e. The van der Waals surface area contributed by atoms with Crippen LogP contribution in [0.3, 0.4) is 0 Å². The molecule has 0 aliphatic rings. The summed E-state index contributed by atoms with van der Waals surface area (Å²) in [5.74, 6) is 3.72. The van der Waals surface area contributed by atoms with Gasteiger partial charge in [-0.05, 0) is 42.6 Å². The van der Waals surface area contributed by atoms with Crippen molar-refractivity contribution in [3.8, 4) is 0 Å². The Kier molecular flexibility index (Phi) is 8.79. The monoisotopic (exact) mass is 206 g/mol. The van der Waals surface area contributed by atoms with Crippen LogP contribution in [-0.2, 0) is 0 Å². The predicted molar refractivity (Wildman–Crippen MR) is 64.5 cm³/mol. The molecule has 12 heavy (non-hydrogen) atoms. The van der Waals surface area contributed by atoms with Crippen LogP contribution in [0.4, 0.5) is 0 Å². The molecule has 0 aromatic rings. The first-order chi connectivity index (χ1) is 5.70. The van der Waals surface area contributed by atoms with Crippen molar-refractivity contribution < 1.29 is 0 Å². The molecule has 0 aliphatic heterocycles. The van der Waals surface area contributed by atoms with Crippen LogP contribution < -0.4 is 0 Å². The van der Waals surface area contributed by atoms with Crippen LogP contribution in [0.15, 0.2) is 0 Å². The minimum absolute atomic E-state index is 0.784. The Balaban J connectivity index is 3.24. The molecule has 0 saturated carbocycles. The van der Waals surface area contributed by atoms with Crippen molar-refractivity contribution in [1.82, 2.24) is 0 Å². The number of rotatable bonds is 7. The van der Waals surface area contributed by atoms with Gasteiger partial charge in [-0.1, -0.05) is 20.3 Å². The summed E-state index contributed by atoms with van der Waals surface area (Å²) in [6, 6.07) is 0. The number of hydrogen-bond donors (Lipinski definition) is 2. The van der Waals surface area contributed by atoms with E-state index in [2.05, 4.69) is 39.1 Å². The molecule has 0 saturated heterocycles. The molecule has 0 spiro atoms. The highest BCUT2D eigenvalue weighted by atomic mass is 32.1. The van der Waals surface area contributed by atoms with Crippen molar-refractivity contribution >= 4 is 25.3 Å². The lowest BCUT2D eigenvalue weighted by atomic mass is 9.96. The van der Waals surface area contributed by atoms with Crippen molar-refractivity contribution in [2.75, 3.05) is 11.5 Å². The van der Waals surface area contributed by atoms with E-state index in [0.717, 1.165) is 23.3 Å². The number of hydrogen-bond acceptors (Lipinski definition) is 2. The standard InChI is InChI=1S/C10H22S2/c1-9(4-3-7-11)5-6-10(2)8-12/h9-12H,3-8H2,1-2H3. The summed E-state index contributed by atoms with van der Waals surface area (Å²) >= 11 is 8.49. The van der Waals surface area contributed by atoms with Gasteiger partial charge in [0.15, 0.2) is 0 Å². The fourth-order valence-corrected chi connectivity index (χ4v) is 1.61. The molecule has 2 heteroatoms. The fourth-order valence-electron chi connectivity index (χ4n) is 1.24. The summed E-state index contributed by atoms with van der Waals surface area (Å²) < 4.78 is 0. The van der Waals surface area contributed by atoms with Gasteiger partial charge in [-0.2, -0.15) is 25.3 Å². The molecule has 0 heterocycles. The molecule has 0 amide bonds. The van der Waals surface area contributed by atoms with Gasteiger partial charge in [-0.25, -0.2) is 0 Å². The molecule has 0 rings (SSSR count). The van der Waals surface area contributed by atoms with Crippen molar-refractivity contribution in [1.29, 1.82) is 0 Å². The first-order valence-electron chi connectivity index (χ1n) is 4.92. The Bertz CT molecular complexity index is 93.8. The highest BCUT2D eigenvalue weighted by Crippen LogP contribution is 2.17. The van der Waals surface area contributed by atoms with Gasteiger partial charge in [0, 0.05) is 0 Å². The molecule has 0 nitrogen and oxygen atoms in total. The average Bonchev–Trinajstić information content (AvgIpc) is 2.10. The van der Waals surface area contributed by atoms with Crippen molar-refractivity contribution in [3.05, 3.63) is 0 Å². The van der Waals surface area contributed by atoms with Gasteiger partial charge < -0.3 is 0 Å². The van der Waals surface area contributed by atoms with Crippen LogP contribution in [0.5, 0.6) is 0 Å². The van der Waals surface area contributed by atoms with Crippen LogP contribution in [-0.4, -0.2) is 11.5 Å². The van der Waals surface area contributed by atoms with E-state index in [1.165, 1.54) is 25.7 Å². The smallest absolute Gasteiger partial charge is 0.00721 e. The quantitative estimate of drug-likeness (QED) is 0.583. The molecule has 0 aromatic heterocycles. The third kappa shape index (κ3) is 7.35. The zero-order valence-corrected chi connectivity index (χ0v) is 10.1. The Morgan fingerprint density at radius 1 is 0.917 bits per heavy atom. The SMILES string of the molecule is CC(CS)CCC(C)CCCS. The third-order valence-corrected chi connectivity index (χ3v) is 3.26. The van der Waals surface area contributed by atoms with E-state index in [1.54, 1.807) is 0 Å². The molecule has 0 radical (unpaired) electrons. The minimum Gasteiger partial charge on any atom is -0.179 e. The highest BCUT2D eigenvalue weighted by molar-refractivity contribution is 7.80. The van der Waals surface area contributed by atoms with Gasteiger partial charge >= 0.3 is 0 Å². The Hall–Kier alpha value is 0.700. The molecular formula is C10H22S2. The maximum atomic E-state index is 4.28. The van der Waals surface area contributed by atoms with E-state index in [-0.39, 0.29) is 0 Å². The summed E-state index contributed by atoms with van der Waals surface area (Å²) in [5, 5.41) is 0. The van der Waals surface area contributed by atoms with Crippen LogP contribution >= 0.6 is 25.3 Å². The van der Waals surface area contributed by atoms with Gasteiger partial charge in [0.1, 0.15) is 0 Å². The fraction of sp³-hybridized carbons (Fsp3) is 1.00. The lowest BCUT2D eigenvalue weighted by Gasteiger charge is -2.13. The summed E-state index contributed by atoms with van der Waals surface area (Å²) in [4.78, 5) is 0. The molecule has 0 bridgehead atoms. The van der Waals surface area contributed by atoms with E-state index in [0.29, 0.717) is 0 Å². The van der Waals surface area contributed by atoms with Crippen molar-refractivity contribution in [2.45, 2.75) is 39.5 Å². The molecule has 2 unspecified atom stereocenters. The van der Waals surface area contributed by atoms with E-state index >= 15 is 0 Å². The predicted octanol–water partition coefficient (Wildman–Crippen LogP) is 3.68. The second-order valence-corrected chi connectivity index (χ2v) is 4.65. The Labute approximate surface area is 88.3 Å². The van der Waals surface area contributed by atoms with Gasteiger partial charge in [0.2, 0.25) is 0 Å². The molecule has 74 valence electrons. The van der Waals surface area contributed by atoms with E-state index < -0.39 is 0 Å². The van der Waals surface area contributed by atoms with Gasteiger partial charge in [-0.3, -0.25) is 0 Å². The van der Waals surface area contributed by atoms with E-state index in [4.69, 9.17) is 0 Å². The third-order valence-electron chi connectivity index (χ3n) is 2.32. The first-order valence-corrected chi connectivity index (χ1v) is 6.19. The minimum atomic E-state index is 0.784. The molecular weight excluding hydrogens is 184 g/mol. The molecule has 2 atom stereocenters. The maximum absolute atomic E-state index is 4.28. The lowest BCUT2D eigenvalue weighted by Crippen LogP contribution is -2.01. The normalized spacial score (nSPS) is 16.0. The largest absolute Gasteiger partial charge is 0.179 e. The Morgan fingerprint density at radius 2 is 1.50 bits per heavy atom. The van der Waals surface area contributed by atoms with Crippen LogP contribution in [0, 0.1) is 11.8 Å². The summed E-state index contributed by atoms with van der Waals surface area (Å²) in [5.41, 5.74) is 0. The van der Waals surface area contributed by atoms with Gasteiger partial charge in [0.25, 0.3) is 0 Å². The molecule has 0 aliphatic carbocycles. The zero-order valence-electron chi connectivity index (χ0n) is 8.29. The Morgan fingerprint density at radius 3 is 2.00 bits per heavy atom. The second-order valence-electron chi connectivity index (χ2n) is 3.84. The van der Waals surface area contributed by atoms with Gasteiger partial charge in [0.05, 0.1) is 0 Å². The topological polar surface area (TPSA) is 0 Å². The van der Waals surface area contributed by atoms with Crippen LogP contribution in [0.1, 0.15) is 39.5 Å². The second kappa shape index (κ2) is 8.31. The van der Waals surface area contributed by atoms with Crippen LogP contribution in [0.2, 0.25) is 0 Å². The zero-order chi connectivity index (χ0) is 9.40. The van der Waals surface area contributed by atoms with Crippen molar-refractivity contribution in [2.24, 2.45) is 11.8 Å². The van der Waals surface area contributed by atoms with E-state index in [9.17, 15) is 0 Å². The molecule has 0 N–H and O–H groups in total. The first kappa shape index (κ1) is 12.7. The molecule has 0 fully saturated rings. The lowest BCUT2D eigenvalue weighted by molar-refractivity contribution is 0.429. The average molecular weight is 206 g/mol. The van der Waals surface area contributed by atoms with Gasteiger partial charge in [-0.15, -0.1) is 0 Å². The van der Waals surface area contributed by atoms with E-state index in [1.807, 2.05) is 0 Å². The van der Waals surface area contributed by atoms with Crippen LogP contribution in [0.25, 0.3) is 0 Å². The molecule has 0 aromatic carbocycles. The van der Waals surface area contributed by atoms with Crippen molar-refractivity contribution in [3.63, 3.8) is 0 Å². The summed E-state index contributed by atoms with van der Waals surface area (Å²) in [6.07, 6.45) is 5.29.